The van der Waals surface area contributed by atoms with E-state index in [2.05, 4.69) is 39.6 Å². The van der Waals surface area contributed by atoms with Crippen molar-refractivity contribution in [3.8, 4) is 17.6 Å². The quantitative estimate of drug-likeness (QED) is 0.749. The summed E-state index contributed by atoms with van der Waals surface area (Å²) in [5.41, 5.74) is 2.09. The number of hydrogen-bond donors (Lipinski definition) is 0. The van der Waals surface area contributed by atoms with Gasteiger partial charge >= 0.3 is 0 Å². The molecule has 0 aromatic heterocycles. The molecule has 20 heavy (non-hydrogen) atoms. The third-order valence-corrected chi connectivity index (χ3v) is 4.14. The van der Waals surface area contributed by atoms with Gasteiger partial charge in [0, 0.05) is 25.2 Å². The van der Waals surface area contributed by atoms with Crippen LogP contribution in [0.2, 0.25) is 0 Å². The zero-order valence-corrected chi connectivity index (χ0v) is 13.8. The molecule has 0 aliphatic carbocycles. The molecule has 0 saturated heterocycles. The van der Waals surface area contributed by atoms with Gasteiger partial charge in [0.15, 0.2) is 11.5 Å². The molecule has 0 fully saturated rings. The monoisotopic (exact) mass is 384 g/mol. The number of rotatable bonds is 4. The summed E-state index contributed by atoms with van der Waals surface area (Å²) in [6.45, 7) is 2.60. The van der Waals surface area contributed by atoms with E-state index in [0.29, 0.717) is 0 Å². The van der Waals surface area contributed by atoms with Gasteiger partial charge in [0.2, 0.25) is 0 Å². The highest BCUT2D eigenvalue weighted by Crippen LogP contribution is 2.34. The Bertz CT molecular complexity index is 564. The van der Waals surface area contributed by atoms with Crippen LogP contribution in [0, 0.1) is 14.9 Å². The molecule has 0 N–H and O–H groups in total. The molecule has 0 amide bonds. The van der Waals surface area contributed by atoms with E-state index in [-0.39, 0.29) is 0 Å². The maximum Gasteiger partial charge on any atom is 0.174 e. The molecule has 1 aromatic rings. The largest absolute Gasteiger partial charge is 0.493 e. The molecule has 1 aromatic carbocycles. The summed E-state index contributed by atoms with van der Waals surface area (Å²) in [6, 6.07) is 6.36. The highest BCUT2D eigenvalue weighted by molar-refractivity contribution is 14.1. The molecule has 1 heterocycles. The van der Waals surface area contributed by atoms with E-state index in [1.165, 1.54) is 5.56 Å². The van der Waals surface area contributed by atoms with Crippen LogP contribution in [0.25, 0.3) is 0 Å². The lowest BCUT2D eigenvalue weighted by Gasteiger charge is -2.25. The van der Waals surface area contributed by atoms with Crippen molar-refractivity contribution in [1.29, 1.82) is 5.26 Å². The van der Waals surface area contributed by atoms with E-state index >= 15 is 0 Å². The zero-order chi connectivity index (χ0) is 14.5. The third kappa shape index (κ3) is 3.44. The van der Waals surface area contributed by atoms with Crippen molar-refractivity contribution in [2.45, 2.75) is 13.0 Å². The fourth-order valence-electron chi connectivity index (χ4n) is 2.28. The molecule has 0 saturated carbocycles. The first-order chi connectivity index (χ1) is 9.67. The van der Waals surface area contributed by atoms with Crippen molar-refractivity contribution in [2.24, 2.45) is 0 Å². The van der Waals surface area contributed by atoms with Crippen molar-refractivity contribution in [1.82, 2.24) is 4.90 Å². The normalized spacial score (nSPS) is 15.4. The minimum atomic E-state index is 0.764. The van der Waals surface area contributed by atoms with Gasteiger partial charge in [-0.15, -0.1) is 0 Å². The summed E-state index contributed by atoms with van der Waals surface area (Å²) >= 11 is 2.26. The van der Waals surface area contributed by atoms with Crippen LogP contribution in [0.4, 0.5) is 0 Å². The van der Waals surface area contributed by atoms with E-state index < -0.39 is 0 Å². The molecule has 0 radical (unpaired) electrons. The fourth-order valence-corrected chi connectivity index (χ4v) is 3.16. The molecule has 0 bridgehead atoms. The number of nitriles is 1. The first-order valence-corrected chi connectivity index (χ1v) is 7.47. The van der Waals surface area contributed by atoms with Crippen molar-refractivity contribution < 1.29 is 9.47 Å². The van der Waals surface area contributed by atoms with Gasteiger partial charge in [-0.2, -0.15) is 5.26 Å². The van der Waals surface area contributed by atoms with E-state index in [1.54, 1.807) is 14.2 Å². The number of methoxy groups -OCH3 is 2. The summed E-state index contributed by atoms with van der Waals surface area (Å²) in [5, 5.41) is 8.86. The Morgan fingerprint density at radius 3 is 2.70 bits per heavy atom. The fraction of sp³-hybridized carbons (Fsp3) is 0.400. The minimum Gasteiger partial charge on any atom is -0.493 e. The molecule has 4 nitrogen and oxygen atoms in total. The standard InChI is InChI=1S/C15H17IN2O2/c1-19-14-8-12(7-13(16)15(14)20-2)10-18-5-3-11(9-17)4-6-18/h3,7-8H,4-6,10H2,1-2H3. The first kappa shape index (κ1) is 15.1. The first-order valence-electron chi connectivity index (χ1n) is 6.39. The molecule has 0 unspecified atom stereocenters. The van der Waals surface area contributed by atoms with Crippen LogP contribution in [0.1, 0.15) is 12.0 Å². The van der Waals surface area contributed by atoms with Crippen LogP contribution in [0.15, 0.2) is 23.8 Å². The summed E-state index contributed by atoms with van der Waals surface area (Å²) in [4.78, 5) is 2.32. The molecular formula is C15H17IN2O2. The third-order valence-electron chi connectivity index (χ3n) is 3.34. The Morgan fingerprint density at radius 2 is 2.15 bits per heavy atom. The molecule has 0 spiro atoms. The van der Waals surface area contributed by atoms with Crippen LogP contribution < -0.4 is 9.47 Å². The number of hydrogen-bond acceptors (Lipinski definition) is 4. The van der Waals surface area contributed by atoms with Crippen LogP contribution in [0.3, 0.4) is 0 Å². The second-order valence-electron chi connectivity index (χ2n) is 4.64. The number of benzene rings is 1. The second-order valence-corrected chi connectivity index (χ2v) is 5.80. The maximum atomic E-state index is 8.86. The highest BCUT2D eigenvalue weighted by Gasteiger charge is 2.15. The Hall–Kier alpha value is -1.26. The maximum absolute atomic E-state index is 8.86. The van der Waals surface area contributed by atoms with Crippen molar-refractivity contribution in [3.63, 3.8) is 0 Å². The van der Waals surface area contributed by atoms with E-state index in [1.807, 2.05) is 12.1 Å². The van der Waals surface area contributed by atoms with E-state index in [4.69, 9.17) is 14.7 Å². The lowest BCUT2D eigenvalue weighted by atomic mass is 10.1. The van der Waals surface area contributed by atoms with Gasteiger partial charge in [-0.25, -0.2) is 0 Å². The summed E-state index contributed by atoms with van der Waals surface area (Å²) in [7, 11) is 3.30. The summed E-state index contributed by atoms with van der Waals surface area (Å²) in [6.07, 6.45) is 2.84. The second kappa shape index (κ2) is 6.95. The van der Waals surface area contributed by atoms with Gasteiger partial charge in [0.05, 0.1) is 23.9 Å². The predicted molar refractivity (Wildman–Crippen MR) is 85.9 cm³/mol. The van der Waals surface area contributed by atoms with Crippen molar-refractivity contribution >= 4 is 22.6 Å². The molecule has 1 aliphatic heterocycles. The number of nitrogens with zero attached hydrogens (tertiary/aromatic N) is 2. The number of halogens is 1. The smallest absolute Gasteiger partial charge is 0.174 e. The highest BCUT2D eigenvalue weighted by atomic mass is 127. The van der Waals surface area contributed by atoms with E-state index in [9.17, 15) is 0 Å². The molecule has 0 atom stereocenters. The van der Waals surface area contributed by atoms with Crippen molar-refractivity contribution in [2.75, 3.05) is 27.3 Å². The van der Waals surface area contributed by atoms with Gasteiger partial charge in [-0.1, -0.05) is 6.08 Å². The Morgan fingerprint density at radius 1 is 1.35 bits per heavy atom. The molecule has 2 rings (SSSR count). The topological polar surface area (TPSA) is 45.5 Å². The lowest BCUT2D eigenvalue weighted by molar-refractivity contribution is 0.286. The Labute approximate surface area is 133 Å². The minimum absolute atomic E-state index is 0.764. The average Bonchev–Trinajstić information content (AvgIpc) is 2.47. The van der Waals surface area contributed by atoms with Gasteiger partial charge in [-0.05, 0) is 46.7 Å². The summed E-state index contributed by atoms with van der Waals surface area (Å²) in [5.74, 6) is 1.54. The Kier molecular flexibility index (Phi) is 5.26. The van der Waals surface area contributed by atoms with Crippen molar-refractivity contribution in [3.05, 3.63) is 32.9 Å². The van der Waals surface area contributed by atoms with Gasteiger partial charge < -0.3 is 9.47 Å². The van der Waals surface area contributed by atoms with Gasteiger partial charge in [0.1, 0.15) is 0 Å². The molecular weight excluding hydrogens is 367 g/mol. The summed E-state index contributed by atoms with van der Waals surface area (Å²) < 4.78 is 11.8. The zero-order valence-electron chi connectivity index (χ0n) is 11.6. The SMILES string of the molecule is COc1cc(CN2CC=C(C#N)CC2)cc(I)c1OC. The number of ether oxygens (including phenoxy) is 2. The average molecular weight is 384 g/mol. The van der Waals surface area contributed by atoms with E-state index in [0.717, 1.165) is 46.7 Å². The van der Waals surface area contributed by atoms with Crippen LogP contribution in [-0.2, 0) is 6.54 Å². The molecule has 106 valence electrons. The van der Waals surface area contributed by atoms with Crippen LogP contribution in [-0.4, -0.2) is 32.2 Å². The molecule has 1 aliphatic rings. The van der Waals surface area contributed by atoms with Gasteiger partial charge in [-0.3, -0.25) is 4.90 Å². The molecule has 5 heteroatoms. The van der Waals surface area contributed by atoms with Crippen LogP contribution >= 0.6 is 22.6 Å². The van der Waals surface area contributed by atoms with Gasteiger partial charge in [0.25, 0.3) is 0 Å². The lowest BCUT2D eigenvalue weighted by Crippen LogP contribution is -2.28. The predicted octanol–water partition coefficient (Wildman–Crippen LogP) is 2.96. The van der Waals surface area contributed by atoms with Crippen LogP contribution in [0.5, 0.6) is 11.5 Å². The Balaban J connectivity index is 2.13.